The lowest BCUT2D eigenvalue weighted by Gasteiger charge is -2.21. The van der Waals surface area contributed by atoms with Crippen molar-refractivity contribution >= 4 is 16.3 Å². The van der Waals surface area contributed by atoms with Crippen LogP contribution in [0.5, 0.6) is 0 Å². The zero-order valence-corrected chi connectivity index (χ0v) is 9.70. The number of nitrogens with zero attached hydrogens (tertiary/aromatic N) is 1. The predicted molar refractivity (Wildman–Crippen MR) is 54.9 cm³/mol. The van der Waals surface area contributed by atoms with Gasteiger partial charge >= 0.3 is 16.3 Å². The van der Waals surface area contributed by atoms with E-state index in [1.54, 1.807) is 0 Å². The predicted octanol–water partition coefficient (Wildman–Crippen LogP) is 0.755. The minimum absolute atomic E-state index is 0.0279. The van der Waals surface area contributed by atoms with E-state index in [4.69, 9.17) is 9.66 Å². The second kappa shape index (κ2) is 6.04. The van der Waals surface area contributed by atoms with E-state index >= 15 is 0 Å². The SMILES string of the molecule is CCCCCN(C(C)C(=O)O)S(=O)(=O)O. The average Bonchev–Trinajstić information content (AvgIpc) is 2.09. The molecule has 0 aromatic heterocycles. The summed E-state index contributed by atoms with van der Waals surface area (Å²) in [5, 5.41) is 8.66. The van der Waals surface area contributed by atoms with Gasteiger partial charge in [0.05, 0.1) is 0 Å². The molecule has 1 unspecified atom stereocenters. The Balaban J connectivity index is 4.53. The minimum atomic E-state index is -4.44. The Kier molecular flexibility index (Phi) is 5.77. The molecular weight excluding hydrogens is 222 g/mol. The van der Waals surface area contributed by atoms with Gasteiger partial charge in [-0.3, -0.25) is 9.35 Å². The summed E-state index contributed by atoms with van der Waals surface area (Å²) in [6.07, 6.45) is 2.22. The van der Waals surface area contributed by atoms with Gasteiger partial charge in [0.2, 0.25) is 0 Å². The maximum Gasteiger partial charge on any atom is 0.336 e. The second-order valence-electron chi connectivity index (χ2n) is 3.31. The van der Waals surface area contributed by atoms with Crippen LogP contribution in [0, 0.1) is 0 Å². The van der Waals surface area contributed by atoms with Crippen molar-refractivity contribution in [2.45, 2.75) is 39.2 Å². The highest BCUT2D eigenvalue weighted by Crippen LogP contribution is 2.08. The number of carboxylic acids is 1. The van der Waals surface area contributed by atoms with Crippen molar-refractivity contribution in [3.05, 3.63) is 0 Å². The van der Waals surface area contributed by atoms with Crippen LogP contribution in [0.3, 0.4) is 0 Å². The molecule has 0 rings (SSSR count). The van der Waals surface area contributed by atoms with E-state index in [0.717, 1.165) is 12.8 Å². The minimum Gasteiger partial charge on any atom is -0.480 e. The molecule has 0 fully saturated rings. The fourth-order valence-corrected chi connectivity index (χ4v) is 2.00. The van der Waals surface area contributed by atoms with Crippen molar-refractivity contribution in [3.63, 3.8) is 0 Å². The summed E-state index contributed by atoms with van der Waals surface area (Å²) in [5.41, 5.74) is 0. The van der Waals surface area contributed by atoms with Gasteiger partial charge in [0.1, 0.15) is 6.04 Å². The average molecular weight is 239 g/mol. The molecule has 1 atom stereocenters. The molecular formula is C8H17NO5S. The van der Waals surface area contributed by atoms with Crippen LogP contribution in [0.15, 0.2) is 0 Å². The molecule has 0 bridgehead atoms. The van der Waals surface area contributed by atoms with Gasteiger partial charge in [-0.15, -0.1) is 0 Å². The Morgan fingerprint density at radius 3 is 2.27 bits per heavy atom. The van der Waals surface area contributed by atoms with Crippen LogP contribution < -0.4 is 0 Å². The fourth-order valence-electron chi connectivity index (χ4n) is 1.15. The highest BCUT2D eigenvalue weighted by atomic mass is 32.2. The molecule has 7 heteroatoms. The first-order valence-electron chi connectivity index (χ1n) is 4.77. The molecule has 0 heterocycles. The largest absolute Gasteiger partial charge is 0.480 e. The summed E-state index contributed by atoms with van der Waals surface area (Å²) in [7, 11) is -4.44. The Morgan fingerprint density at radius 2 is 1.93 bits per heavy atom. The van der Waals surface area contributed by atoms with Crippen molar-refractivity contribution in [3.8, 4) is 0 Å². The lowest BCUT2D eigenvalue weighted by molar-refractivity contribution is -0.141. The van der Waals surface area contributed by atoms with Gasteiger partial charge in [0.25, 0.3) is 0 Å². The van der Waals surface area contributed by atoms with Crippen molar-refractivity contribution < 1.29 is 22.9 Å². The molecule has 6 nitrogen and oxygen atoms in total. The van der Waals surface area contributed by atoms with Gasteiger partial charge in [-0.25, -0.2) is 0 Å². The smallest absolute Gasteiger partial charge is 0.336 e. The van der Waals surface area contributed by atoms with E-state index in [-0.39, 0.29) is 6.54 Å². The van der Waals surface area contributed by atoms with Crippen LogP contribution in [0.2, 0.25) is 0 Å². The van der Waals surface area contributed by atoms with Gasteiger partial charge in [-0.1, -0.05) is 19.8 Å². The molecule has 0 saturated carbocycles. The van der Waals surface area contributed by atoms with Gasteiger partial charge in [-0.05, 0) is 13.3 Å². The summed E-state index contributed by atoms with van der Waals surface area (Å²) in [5.74, 6) is -1.27. The molecule has 2 N–H and O–H groups in total. The maximum absolute atomic E-state index is 10.9. The molecule has 0 spiro atoms. The molecule has 0 amide bonds. The van der Waals surface area contributed by atoms with Crippen LogP contribution in [-0.2, 0) is 15.1 Å². The highest BCUT2D eigenvalue weighted by Gasteiger charge is 2.29. The van der Waals surface area contributed by atoms with E-state index in [1.807, 2.05) is 6.92 Å². The third-order valence-electron chi connectivity index (χ3n) is 2.07. The van der Waals surface area contributed by atoms with Crippen LogP contribution in [0.1, 0.15) is 33.1 Å². The topological polar surface area (TPSA) is 94.9 Å². The van der Waals surface area contributed by atoms with Gasteiger partial charge in [-0.2, -0.15) is 12.7 Å². The first-order valence-corrected chi connectivity index (χ1v) is 6.17. The van der Waals surface area contributed by atoms with Crippen LogP contribution in [-0.4, -0.2) is 40.9 Å². The molecule has 0 aliphatic heterocycles. The Bertz CT molecular complexity index is 300. The van der Waals surface area contributed by atoms with Crippen LogP contribution in [0.4, 0.5) is 0 Å². The number of carbonyl (C=O) groups is 1. The number of aliphatic carboxylic acids is 1. The molecule has 0 radical (unpaired) electrons. The van der Waals surface area contributed by atoms with Gasteiger partial charge in [0.15, 0.2) is 0 Å². The number of rotatable bonds is 7. The zero-order chi connectivity index (χ0) is 12.1. The Labute approximate surface area is 89.8 Å². The summed E-state index contributed by atoms with van der Waals surface area (Å²) in [6.45, 7) is 3.20. The second-order valence-corrected chi connectivity index (χ2v) is 4.67. The summed E-state index contributed by atoms with van der Waals surface area (Å²) >= 11 is 0. The highest BCUT2D eigenvalue weighted by molar-refractivity contribution is 7.83. The third kappa shape index (κ3) is 5.10. The first-order chi connectivity index (χ1) is 6.80. The molecule has 15 heavy (non-hydrogen) atoms. The van der Waals surface area contributed by atoms with Crippen LogP contribution in [0.25, 0.3) is 0 Å². The van der Waals surface area contributed by atoms with E-state index in [0.29, 0.717) is 10.7 Å². The number of unbranched alkanes of at least 4 members (excludes halogenated alkanes) is 2. The van der Waals surface area contributed by atoms with E-state index in [2.05, 4.69) is 0 Å². The number of hydrogen-bond acceptors (Lipinski definition) is 3. The molecule has 0 saturated heterocycles. The standard InChI is InChI=1S/C8H17NO5S/c1-3-4-5-6-9(15(12,13)14)7(2)8(10)11/h7H,3-6H2,1-2H3,(H,10,11)(H,12,13,14). The summed E-state index contributed by atoms with van der Waals surface area (Å²) in [4.78, 5) is 10.6. The van der Waals surface area contributed by atoms with E-state index in [1.165, 1.54) is 6.92 Å². The van der Waals surface area contributed by atoms with E-state index < -0.39 is 22.3 Å². The van der Waals surface area contributed by atoms with E-state index in [9.17, 15) is 13.2 Å². The maximum atomic E-state index is 10.9. The van der Waals surface area contributed by atoms with Crippen molar-refractivity contribution in [1.29, 1.82) is 0 Å². The molecule has 0 aliphatic carbocycles. The van der Waals surface area contributed by atoms with Crippen LogP contribution >= 0.6 is 0 Å². The normalized spacial score (nSPS) is 14.1. The molecule has 0 aliphatic rings. The monoisotopic (exact) mass is 239 g/mol. The summed E-state index contributed by atoms with van der Waals surface area (Å²) < 4.78 is 31.2. The quantitative estimate of drug-likeness (QED) is 0.505. The number of hydrogen-bond donors (Lipinski definition) is 2. The van der Waals surface area contributed by atoms with Crippen molar-refractivity contribution in [1.82, 2.24) is 4.31 Å². The summed E-state index contributed by atoms with van der Waals surface area (Å²) in [6, 6.07) is -1.24. The third-order valence-corrected chi connectivity index (χ3v) is 3.16. The Morgan fingerprint density at radius 1 is 1.40 bits per heavy atom. The zero-order valence-electron chi connectivity index (χ0n) is 8.88. The number of carboxylic acid groups (broad SMARTS) is 1. The molecule has 90 valence electrons. The Hall–Kier alpha value is -0.660. The first kappa shape index (κ1) is 14.3. The lowest BCUT2D eigenvalue weighted by Crippen LogP contribution is -2.43. The van der Waals surface area contributed by atoms with Gasteiger partial charge < -0.3 is 5.11 Å². The van der Waals surface area contributed by atoms with Crippen molar-refractivity contribution in [2.24, 2.45) is 0 Å². The molecule has 0 aromatic carbocycles. The lowest BCUT2D eigenvalue weighted by atomic mass is 10.2. The van der Waals surface area contributed by atoms with Gasteiger partial charge in [0, 0.05) is 6.54 Å². The molecule has 0 aromatic rings. The van der Waals surface area contributed by atoms with Crippen molar-refractivity contribution in [2.75, 3.05) is 6.54 Å². The fraction of sp³-hybridized carbons (Fsp3) is 0.875.